The number of carbonyl (C=O) groups is 1. The molecule has 9 heteroatoms. The number of carbonyl (C=O) groups excluding carboxylic acids is 1. The summed E-state index contributed by atoms with van der Waals surface area (Å²) in [7, 11) is 2.06. The molecule has 2 aliphatic rings. The SMILES string of the molecule is CN1CCN(c2cc3c(cc2F)c(=O)c(/C=N/NC(=O)c2ccncc2)cn3C2CC2)CC1. The number of fused-ring (bicyclic) bond motifs is 1. The number of piperazine rings is 1. The van der Waals surface area contributed by atoms with Crippen molar-refractivity contribution in [3.8, 4) is 0 Å². The molecule has 0 unspecified atom stereocenters. The van der Waals surface area contributed by atoms with Gasteiger partial charge in [-0.15, -0.1) is 0 Å². The van der Waals surface area contributed by atoms with Crippen LogP contribution >= 0.6 is 0 Å². The summed E-state index contributed by atoms with van der Waals surface area (Å²) in [6, 6.07) is 6.57. The summed E-state index contributed by atoms with van der Waals surface area (Å²) in [4.78, 5) is 33.5. The number of benzene rings is 1. The highest BCUT2D eigenvalue weighted by atomic mass is 19.1. The second kappa shape index (κ2) is 8.74. The van der Waals surface area contributed by atoms with Gasteiger partial charge in [0, 0.05) is 61.8 Å². The first kappa shape index (κ1) is 21.3. The van der Waals surface area contributed by atoms with Crippen molar-refractivity contribution in [2.75, 3.05) is 38.1 Å². The lowest BCUT2D eigenvalue weighted by molar-refractivity contribution is 0.0955. The second-order valence-corrected chi connectivity index (χ2v) is 8.60. The predicted octanol–water partition coefficient (Wildman–Crippen LogP) is 2.39. The van der Waals surface area contributed by atoms with Crippen LogP contribution in [0.15, 0.2) is 52.8 Å². The Balaban J connectivity index is 1.48. The summed E-state index contributed by atoms with van der Waals surface area (Å²) < 4.78 is 17.2. The summed E-state index contributed by atoms with van der Waals surface area (Å²) in [5.74, 6) is -0.800. The van der Waals surface area contributed by atoms with Crippen LogP contribution in [0.5, 0.6) is 0 Å². The van der Waals surface area contributed by atoms with E-state index in [9.17, 15) is 9.59 Å². The van der Waals surface area contributed by atoms with Gasteiger partial charge in [-0.3, -0.25) is 14.6 Å². The van der Waals surface area contributed by atoms with E-state index < -0.39 is 11.7 Å². The van der Waals surface area contributed by atoms with E-state index in [0.29, 0.717) is 22.2 Å². The molecule has 1 aromatic carbocycles. The number of hydrazone groups is 1. The monoisotopic (exact) mass is 448 g/mol. The zero-order valence-electron chi connectivity index (χ0n) is 18.4. The van der Waals surface area contributed by atoms with Crippen LogP contribution in [0.25, 0.3) is 10.9 Å². The van der Waals surface area contributed by atoms with Crippen LogP contribution in [0.1, 0.15) is 34.8 Å². The zero-order chi connectivity index (χ0) is 22.9. The Bertz CT molecular complexity index is 1280. The van der Waals surface area contributed by atoms with Crippen LogP contribution in [0.2, 0.25) is 0 Å². The summed E-state index contributed by atoms with van der Waals surface area (Å²) >= 11 is 0. The Morgan fingerprint density at radius 3 is 2.61 bits per heavy atom. The third-order valence-corrected chi connectivity index (χ3v) is 6.22. The van der Waals surface area contributed by atoms with Gasteiger partial charge < -0.3 is 14.4 Å². The lowest BCUT2D eigenvalue weighted by Crippen LogP contribution is -2.44. The fraction of sp³-hybridized carbons (Fsp3) is 0.333. The first-order chi connectivity index (χ1) is 16.0. The molecule has 3 heterocycles. The number of pyridine rings is 2. The first-order valence-corrected chi connectivity index (χ1v) is 11.1. The maximum absolute atomic E-state index is 15.1. The van der Waals surface area contributed by atoms with Crippen LogP contribution in [0.3, 0.4) is 0 Å². The molecular weight excluding hydrogens is 423 g/mol. The number of hydrogen-bond donors (Lipinski definition) is 1. The Hall–Kier alpha value is -3.59. The molecule has 33 heavy (non-hydrogen) atoms. The largest absolute Gasteiger partial charge is 0.367 e. The molecular formula is C24H25FN6O2. The lowest BCUT2D eigenvalue weighted by Gasteiger charge is -2.34. The number of amides is 1. The summed E-state index contributed by atoms with van der Waals surface area (Å²) in [6.45, 7) is 3.23. The first-order valence-electron chi connectivity index (χ1n) is 11.1. The highest BCUT2D eigenvalue weighted by Gasteiger charge is 2.27. The minimum Gasteiger partial charge on any atom is -0.367 e. The molecule has 1 saturated carbocycles. The normalized spacial score (nSPS) is 17.1. The van der Waals surface area contributed by atoms with E-state index in [1.165, 1.54) is 24.7 Å². The Morgan fingerprint density at radius 2 is 1.91 bits per heavy atom. The van der Waals surface area contributed by atoms with E-state index in [2.05, 4.69) is 27.5 Å². The van der Waals surface area contributed by atoms with Crippen LogP contribution in [-0.2, 0) is 0 Å². The third kappa shape index (κ3) is 4.36. The quantitative estimate of drug-likeness (QED) is 0.479. The fourth-order valence-corrected chi connectivity index (χ4v) is 4.14. The van der Waals surface area contributed by atoms with Gasteiger partial charge in [0.1, 0.15) is 5.82 Å². The van der Waals surface area contributed by atoms with Gasteiger partial charge in [-0.1, -0.05) is 0 Å². The number of nitrogens with zero attached hydrogens (tertiary/aromatic N) is 5. The predicted molar refractivity (Wildman–Crippen MR) is 125 cm³/mol. The molecule has 5 rings (SSSR count). The van der Waals surface area contributed by atoms with E-state index in [1.807, 2.05) is 15.5 Å². The molecule has 3 aromatic rings. The van der Waals surface area contributed by atoms with Crippen LogP contribution < -0.4 is 15.8 Å². The number of rotatable bonds is 5. The van der Waals surface area contributed by atoms with Gasteiger partial charge in [0.2, 0.25) is 0 Å². The van der Waals surface area contributed by atoms with Crippen molar-refractivity contribution >= 4 is 28.7 Å². The topological polar surface area (TPSA) is 82.8 Å². The summed E-state index contributed by atoms with van der Waals surface area (Å²) in [6.07, 6.45) is 8.13. The maximum atomic E-state index is 15.1. The van der Waals surface area contributed by atoms with Crippen molar-refractivity contribution in [1.82, 2.24) is 19.9 Å². The van der Waals surface area contributed by atoms with Gasteiger partial charge in [0.05, 0.1) is 23.0 Å². The van der Waals surface area contributed by atoms with E-state index >= 15 is 4.39 Å². The van der Waals surface area contributed by atoms with E-state index in [-0.39, 0.29) is 11.5 Å². The van der Waals surface area contributed by atoms with Gasteiger partial charge in [-0.25, -0.2) is 9.82 Å². The number of halogens is 1. The molecule has 0 atom stereocenters. The minimum absolute atomic E-state index is 0.275. The molecule has 0 bridgehead atoms. The Labute approximate surface area is 190 Å². The van der Waals surface area contributed by atoms with Crippen molar-refractivity contribution < 1.29 is 9.18 Å². The molecule has 1 amide bonds. The van der Waals surface area contributed by atoms with Crippen molar-refractivity contribution in [3.63, 3.8) is 0 Å². The van der Waals surface area contributed by atoms with Crippen LogP contribution in [-0.4, -0.2) is 59.8 Å². The van der Waals surface area contributed by atoms with Gasteiger partial charge in [-0.2, -0.15) is 5.10 Å². The lowest BCUT2D eigenvalue weighted by atomic mass is 10.1. The van der Waals surface area contributed by atoms with Gasteiger partial charge in [-0.05, 0) is 44.2 Å². The molecule has 0 radical (unpaired) electrons. The molecule has 0 spiro atoms. The van der Waals surface area contributed by atoms with Crippen molar-refractivity contribution in [3.05, 3.63) is 70.0 Å². The molecule has 170 valence electrons. The smallest absolute Gasteiger partial charge is 0.271 e. The number of anilines is 1. The summed E-state index contributed by atoms with van der Waals surface area (Å²) in [5.41, 5.74) is 4.09. The Morgan fingerprint density at radius 1 is 1.18 bits per heavy atom. The molecule has 8 nitrogen and oxygen atoms in total. The van der Waals surface area contributed by atoms with Gasteiger partial charge >= 0.3 is 0 Å². The molecule has 2 aromatic heterocycles. The highest BCUT2D eigenvalue weighted by molar-refractivity contribution is 5.95. The summed E-state index contributed by atoms with van der Waals surface area (Å²) in [5, 5.41) is 4.28. The number of likely N-dealkylation sites (N-methyl/N-ethyl adjacent to an activating group) is 1. The maximum Gasteiger partial charge on any atom is 0.271 e. The van der Waals surface area contributed by atoms with E-state index in [0.717, 1.165) is 44.5 Å². The molecule has 1 aliphatic carbocycles. The number of aromatic nitrogens is 2. The van der Waals surface area contributed by atoms with E-state index in [4.69, 9.17) is 0 Å². The molecule has 1 N–H and O–H groups in total. The van der Waals surface area contributed by atoms with Gasteiger partial charge in [0.15, 0.2) is 5.43 Å². The van der Waals surface area contributed by atoms with Crippen LogP contribution in [0, 0.1) is 5.82 Å². The molecule has 2 fully saturated rings. The molecule has 1 saturated heterocycles. The Kier molecular flexibility index (Phi) is 5.63. The number of hydrogen-bond acceptors (Lipinski definition) is 6. The average Bonchev–Trinajstić information content (AvgIpc) is 3.67. The second-order valence-electron chi connectivity index (χ2n) is 8.60. The van der Waals surface area contributed by atoms with Crippen molar-refractivity contribution in [2.24, 2.45) is 5.10 Å². The van der Waals surface area contributed by atoms with Gasteiger partial charge in [0.25, 0.3) is 5.91 Å². The standard InChI is InChI=1S/C24H25FN6O2/c1-29-8-10-30(11-9-29)22-13-21-19(12-20(22)25)23(32)17(15-31(21)18-2-3-18)14-27-28-24(33)16-4-6-26-7-5-16/h4-7,12-15,18H,2-3,8-11H2,1H3,(H,28,33)/b27-14+. The fourth-order valence-electron chi connectivity index (χ4n) is 4.14. The molecule has 1 aliphatic heterocycles. The van der Waals surface area contributed by atoms with Crippen LogP contribution in [0.4, 0.5) is 10.1 Å². The number of nitrogens with one attached hydrogen (secondary N) is 1. The average molecular weight is 449 g/mol. The minimum atomic E-state index is -0.403. The van der Waals surface area contributed by atoms with Crippen molar-refractivity contribution in [1.29, 1.82) is 0 Å². The third-order valence-electron chi connectivity index (χ3n) is 6.22. The highest BCUT2D eigenvalue weighted by Crippen LogP contribution is 2.38. The van der Waals surface area contributed by atoms with Crippen molar-refractivity contribution in [2.45, 2.75) is 18.9 Å². The van der Waals surface area contributed by atoms with E-state index in [1.54, 1.807) is 18.3 Å². The zero-order valence-corrected chi connectivity index (χ0v) is 18.4.